The quantitative estimate of drug-likeness (QED) is 0.583. The first-order valence-corrected chi connectivity index (χ1v) is 10.0. The van der Waals surface area contributed by atoms with Crippen molar-refractivity contribution in [1.82, 2.24) is 10.6 Å². The summed E-state index contributed by atoms with van der Waals surface area (Å²) < 4.78 is 0. The molecule has 3 N–H and O–H groups in total. The zero-order valence-corrected chi connectivity index (χ0v) is 16.2. The van der Waals surface area contributed by atoms with Gasteiger partial charge in [0.2, 0.25) is 11.8 Å². The van der Waals surface area contributed by atoms with Crippen molar-refractivity contribution in [3.63, 3.8) is 0 Å². The summed E-state index contributed by atoms with van der Waals surface area (Å²) in [5.41, 5.74) is 0.929. The summed E-state index contributed by atoms with van der Waals surface area (Å²) in [6.07, 6.45) is 10.4. The number of hydrogen-bond acceptors (Lipinski definition) is 3. The van der Waals surface area contributed by atoms with Gasteiger partial charge in [-0.25, -0.2) is 0 Å². The van der Waals surface area contributed by atoms with Gasteiger partial charge >= 0.3 is 0 Å². The minimum absolute atomic E-state index is 0.0807. The monoisotopic (exact) mass is 372 g/mol. The molecule has 27 heavy (non-hydrogen) atoms. The van der Waals surface area contributed by atoms with Gasteiger partial charge in [-0.3, -0.25) is 9.59 Å². The normalized spacial score (nSPS) is 17.4. The average Bonchev–Trinajstić information content (AvgIpc) is 2.70. The lowest BCUT2D eigenvalue weighted by Crippen LogP contribution is -2.46. The summed E-state index contributed by atoms with van der Waals surface area (Å²) in [5.74, 6) is 0.215. The number of rotatable bonds is 9. The van der Waals surface area contributed by atoms with Gasteiger partial charge in [-0.2, -0.15) is 0 Å². The van der Waals surface area contributed by atoms with Gasteiger partial charge in [0, 0.05) is 19.2 Å². The topological polar surface area (TPSA) is 78.4 Å². The van der Waals surface area contributed by atoms with Crippen LogP contribution in [0.1, 0.15) is 51.0 Å². The van der Waals surface area contributed by atoms with Crippen LogP contribution in [-0.2, 0) is 9.59 Å². The third-order valence-corrected chi connectivity index (χ3v) is 5.19. The molecule has 2 atom stereocenters. The lowest BCUT2D eigenvalue weighted by molar-refractivity contribution is -0.126. The van der Waals surface area contributed by atoms with Crippen molar-refractivity contribution in [3.05, 3.63) is 42.0 Å². The molecule has 2 rings (SSSR count). The highest BCUT2D eigenvalue weighted by Gasteiger charge is 2.20. The molecule has 2 unspecified atom stereocenters. The van der Waals surface area contributed by atoms with E-state index >= 15 is 0 Å². The molecule has 0 spiro atoms. The molecule has 0 aliphatic heterocycles. The molecule has 1 saturated carbocycles. The summed E-state index contributed by atoms with van der Waals surface area (Å²) in [5, 5.41) is 15.1. The standard InChI is InChI=1S/C22H32N2O3/c1-17(24-21(26)13-12-18-8-4-2-5-9-18)22(27)23-15-20(16-25)14-19-10-6-3-7-11-19/h2,4-5,8-9,12-13,17,19-20,25H,3,6-7,10-11,14-16H2,1H3,(H,23,27)(H,24,26). The molecule has 5 nitrogen and oxygen atoms in total. The van der Waals surface area contributed by atoms with Crippen molar-refractivity contribution in [2.24, 2.45) is 11.8 Å². The van der Waals surface area contributed by atoms with E-state index in [-0.39, 0.29) is 24.3 Å². The number of carbonyl (C=O) groups excluding carboxylic acids is 2. The molecule has 0 radical (unpaired) electrons. The number of nitrogens with one attached hydrogen (secondary N) is 2. The number of aliphatic hydroxyl groups is 1. The summed E-state index contributed by atoms with van der Waals surface area (Å²) in [4.78, 5) is 24.2. The lowest BCUT2D eigenvalue weighted by Gasteiger charge is -2.26. The van der Waals surface area contributed by atoms with Gasteiger partial charge in [-0.1, -0.05) is 62.4 Å². The Bertz CT molecular complexity index is 609. The average molecular weight is 373 g/mol. The Hall–Kier alpha value is -2.14. The SMILES string of the molecule is CC(NC(=O)C=Cc1ccccc1)C(=O)NCC(CO)CC1CCCCC1. The Labute approximate surface area is 162 Å². The zero-order chi connectivity index (χ0) is 19.5. The van der Waals surface area contributed by atoms with Crippen LogP contribution in [0.2, 0.25) is 0 Å². The van der Waals surface area contributed by atoms with Gasteiger partial charge in [0.05, 0.1) is 0 Å². The number of hydrogen-bond donors (Lipinski definition) is 3. The minimum atomic E-state index is -0.619. The molecule has 1 aliphatic carbocycles. The highest BCUT2D eigenvalue weighted by Crippen LogP contribution is 2.28. The van der Waals surface area contributed by atoms with Crippen LogP contribution in [0.15, 0.2) is 36.4 Å². The molecule has 1 fully saturated rings. The van der Waals surface area contributed by atoms with Crippen molar-refractivity contribution < 1.29 is 14.7 Å². The first kappa shape index (κ1) is 21.2. The summed E-state index contributed by atoms with van der Waals surface area (Å²) in [6, 6.07) is 8.91. The van der Waals surface area contributed by atoms with E-state index in [1.54, 1.807) is 13.0 Å². The lowest BCUT2D eigenvalue weighted by atomic mass is 9.83. The van der Waals surface area contributed by atoms with Crippen LogP contribution in [0.25, 0.3) is 6.08 Å². The van der Waals surface area contributed by atoms with Crippen LogP contribution >= 0.6 is 0 Å². The fourth-order valence-corrected chi connectivity index (χ4v) is 3.58. The molecule has 1 aromatic rings. The van der Waals surface area contributed by atoms with Crippen LogP contribution in [0, 0.1) is 11.8 Å². The number of amides is 2. The second-order valence-electron chi connectivity index (χ2n) is 7.51. The van der Waals surface area contributed by atoms with E-state index in [0.29, 0.717) is 12.5 Å². The molecule has 0 bridgehead atoms. The Morgan fingerprint density at radius 3 is 2.56 bits per heavy atom. The van der Waals surface area contributed by atoms with Crippen molar-refractivity contribution in [3.8, 4) is 0 Å². The summed E-state index contributed by atoms with van der Waals surface area (Å²) >= 11 is 0. The minimum Gasteiger partial charge on any atom is -0.396 e. The Balaban J connectivity index is 1.71. The largest absolute Gasteiger partial charge is 0.396 e. The molecule has 148 valence electrons. The molecule has 0 saturated heterocycles. The molecular weight excluding hydrogens is 340 g/mol. The van der Waals surface area contributed by atoms with Crippen molar-refractivity contribution in [1.29, 1.82) is 0 Å². The maximum absolute atomic E-state index is 12.2. The van der Waals surface area contributed by atoms with Crippen LogP contribution in [-0.4, -0.2) is 36.1 Å². The third-order valence-electron chi connectivity index (χ3n) is 5.19. The van der Waals surface area contributed by atoms with Gasteiger partial charge < -0.3 is 15.7 Å². The van der Waals surface area contributed by atoms with Crippen LogP contribution in [0.5, 0.6) is 0 Å². The maximum atomic E-state index is 12.2. The van der Waals surface area contributed by atoms with Crippen LogP contribution < -0.4 is 10.6 Å². The number of carbonyl (C=O) groups is 2. The van der Waals surface area contributed by atoms with Crippen LogP contribution in [0.4, 0.5) is 0 Å². The van der Waals surface area contributed by atoms with Gasteiger partial charge in [0.25, 0.3) is 0 Å². The molecule has 1 aromatic carbocycles. The fraction of sp³-hybridized carbons (Fsp3) is 0.545. The molecule has 0 aromatic heterocycles. The zero-order valence-electron chi connectivity index (χ0n) is 16.2. The van der Waals surface area contributed by atoms with Crippen molar-refractivity contribution >= 4 is 17.9 Å². The van der Waals surface area contributed by atoms with Gasteiger partial charge in [0.15, 0.2) is 0 Å². The Morgan fingerprint density at radius 2 is 1.89 bits per heavy atom. The van der Waals surface area contributed by atoms with E-state index in [9.17, 15) is 14.7 Å². The summed E-state index contributed by atoms with van der Waals surface area (Å²) in [7, 11) is 0. The maximum Gasteiger partial charge on any atom is 0.244 e. The van der Waals surface area contributed by atoms with Crippen LogP contribution in [0.3, 0.4) is 0 Å². The number of aliphatic hydroxyl groups excluding tert-OH is 1. The highest BCUT2D eigenvalue weighted by molar-refractivity contribution is 5.95. The molecular formula is C22H32N2O3. The molecule has 5 heteroatoms. The van der Waals surface area contributed by atoms with Crippen molar-refractivity contribution in [2.75, 3.05) is 13.2 Å². The smallest absolute Gasteiger partial charge is 0.244 e. The number of benzene rings is 1. The van der Waals surface area contributed by atoms with E-state index in [1.807, 2.05) is 30.3 Å². The van der Waals surface area contributed by atoms with E-state index in [0.717, 1.165) is 12.0 Å². The first-order chi connectivity index (χ1) is 13.1. The first-order valence-electron chi connectivity index (χ1n) is 10.0. The van der Waals surface area contributed by atoms with E-state index in [2.05, 4.69) is 10.6 Å². The second-order valence-corrected chi connectivity index (χ2v) is 7.51. The third kappa shape index (κ3) is 7.95. The van der Waals surface area contributed by atoms with Gasteiger partial charge in [-0.05, 0) is 36.8 Å². The van der Waals surface area contributed by atoms with Gasteiger partial charge in [0.1, 0.15) is 6.04 Å². The van der Waals surface area contributed by atoms with Crippen molar-refractivity contribution in [2.45, 2.75) is 51.5 Å². The van der Waals surface area contributed by atoms with Gasteiger partial charge in [-0.15, -0.1) is 0 Å². The predicted octanol–water partition coefficient (Wildman–Crippen LogP) is 2.90. The highest BCUT2D eigenvalue weighted by atomic mass is 16.3. The van der Waals surface area contributed by atoms with E-state index < -0.39 is 6.04 Å². The Kier molecular flexibility index (Phi) is 9.05. The molecule has 1 aliphatic rings. The summed E-state index contributed by atoms with van der Waals surface area (Å²) in [6.45, 7) is 2.20. The Morgan fingerprint density at radius 1 is 1.19 bits per heavy atom. The fourth-order valence-electron chi connectivity index (χ4n) is 3.58. The molecule has 2 amide bonds. The second kappa shape index (κ2) is 11.5. The predicted molar refractivity (Wildman–Crippen MR) is 108 cm³/mol. The van der Waals surface area contributed by atoms with E-state index in [1.165, 1.54) is 38.2 Å². The van der Waals surface area contributed by atoms with E-state index in [4.69, 9.17) is 0 Å². The molecule has 0 heterocycles.